The Morgan fingerprint density at radius 1 is 1.12 bits per heavy atom. The summed E-state index contributed by atoms with van der Waals surface area (Å²) < 4.78 is 4.75. The van der Waals surface area contributed by atoms with E-state index in [2.05, 4.69) is 40.4 Å². The summed E-state index contributed by atoms with van der Waals surface area (Å²) in [5, 5.41) is 1.20. The van der Waals surface area contributed by atoms with Gasteiger partial charge in [-0.2, -0.15) is 0 Å². The SMILES string of the molecule is Nc1ccc2c(-c3ccc(C(=O)NS)cc3)cn(C3CCCC3)c2c1. The molecule has 1 heterocycles. The molecule has 0 saturated heterocycles. The molecular weight excluding hydrogens is 330 g/mol. The number of hydrogen-bond acceptors (Lipinski definition) is 3. The Kier molecular flexibility index (Phi) is 4.17. The summed E-state index contributed by atoms with van der Waals surface area (Å²) in [6.45, 7) is 0. The van der Waals surface area contributed by atoms with Crippen molar-refractivity contribution in [3.05, 3.63) is 54.2 Å². The molecule has 0 unspecified atom stereocenters. The van der Waals surface area contributed by atoms with Crippen LogP contribution in [0.15, 0.2) is 48.7 Å². The molecule has 25 heavy (non-hydrogen) atoms. The number of carbonyl (C=O) groups is 1. The summed E-state index contributed by atoms with van der Waals surface area (Å²) in [5.41, 5.74) is 10.9. The molecule has 0 bridgehead atoms. The lowest BCUT2D eigenvalue weighted by Gasteiger charge is -2.13. The summed E-state index contributed by atoms with van der Waals surface area (Å²) in [7, 11) is 0. The third-order valence-corrected chi connectivity index (χ3v) is 5.34. The molecule has 0 spiro atoms. The van der Waals surface area contributed by atoms with Crippen molar-refractivity contribution in [1.82, 2.24) is 9.29 Å². The molecule has 5 heteroatoms. The fourth-order valence-electron chi connectivity index (χ4n) is 3.85. The molecule has 1 aliphatic rings. The van der Waals surface area contributed by atoms with E-state index in [1.165, 1.54) is 42.1 Å². The van der Waals surface area contributed by atoms with Crippen LogP contribution in [0.1, 0.15) is 42.1 Å². The molecule has 3 aromatic rings. The molecule has 0 aliphatic heterocycles. The van der Waals surface area contributed by atoms with Gasteiger partial charge >= 0.3 is 0 Å². The number of nitrogens with zero attached hydrogens (tertiary/aromatic N) is 1. The summed E-state index contributed by atoms with van der Waals surface area (Å²) in [4.78, 5) is 11.7. The molecule has 0 radical (unpaired) electrons. The number of aromatic nitrogens is 1. The molecule has 4 nitrogen and oxygen atoms in total. The Bertz CT molecular complexity index is 924. The Balaban J connectivity index is 1.83. The van der Waals surface area contributed by atoms with E-state index in [9.17, 15) is 4.79 Å². The minimum absolute atomic E-state index is 0.198. The first kappa shape index (κ1) is 16.1. The van der Waals surface area contributed by atoms with E-state index in [1.807, 2.05) is 30.3 Å². The highest BCUT2D eigenvalue weighted by molar-refractivity contribution is 7.78. The van der Waals surface area contributed by atoms with Crippen molar-refractivity contribution in [3.8, 4) is 11.1 Å². The van der Waals surface area contributed by atoms with Gasteiger partial charge in [0.25, 0.3) is 5.91 Å². The minimum atomic E-state index is -0.198. The van der Waals surface area contributed by atoms with E-state index in [-0.39, 0.29) is 5.91 Å². The fourth-order valence-corrected chi connectivity index (χ4v) is 3.98. The summed E-state index contributed by atoms with van der Waals surface area (Å²) in [6, 6.07) is 14.3. The van der Waals surface area contributed by atoms with Gasteiger partial charge in [0.1, 0.15) is 0 Å². The van der Waals surface area contributed by atoms with Crippen molar-refractivity contribution in [3.63, 3.8) is 0 Å². The molecule has 3 N–H and O–H groups in total. The molecule has 4 rings (SSSR count). The van der Waals surface area contributed by atoms with Crippen LogP contribution in [-0.4, -0.2) is 10.5 Å². The molecule has 1 aromatic heterocycles. The van der Waals surface area contributed by atoms with Gasteiger partial charge in [-0.15, -0.1) is 0 Å². The van der Waals surface area contributed by atoms with Crippen LogP contribution in [0.25, 0.3) is 22.0 Å². The third-order valence-electron chi connectivity index (χ3n) is 5.14. The van der Waals surface area contributed by atoms with Crippen LogP contribution in [0.5, 0.6) is 0 Å². The number of nitrogens with two attached hydrogens (primary N) is 1. The number of rotatable bonds is 3. The zero-order valence-electron chi connectivity index (χ0n) is 13.9. The molecule has 128 valence electrons. The van der Waals surface area contributed by atoms with Crippen molar-refractivity contribution < 1.29 is 4.79 Å². The van der Waals surface area contributed by atoms with Gasteiger partial charge in [-0.05, 0) is 42.7 Å². The van der Waals surface area contributed by atoms with Gasteiger partial charge < -0.3 is 10.3 Å². The van der Waals surface area contributed by atoms with Crippen molar-refractivity contribution in [2.75, 3.05) is 5.73 Å². The van der Waals surface area contributed by atoms with Crippen LogP contribution in [0.4, 0.5) is 5.69 Å². The van der Waals surface area contributed by atoms with Crippen LogP contribution in [0, 0.1) is 0 Å². The van der Waals surface area contributed by atoms with E-state index >= 15 is 0 Å². The highest BCUT2D eigenvalue weighted by atomic mass is 32.1. The minimum Gasteiger partial charge on any atom is -0.399 e. The normalized spacial score (nSPS) is 14.9. The van der Waals surface area contributed by atoms with Gasteiger partial charge in [0.15, 0.2) is 0 Å². The number of carbonyl (C=O) groups excluding carboxylic acids is 1. The summed E-state index contributed by atoms with van der Waals surface area (Å²) in [5.74, 6) is -0.198. The van der Waals surface area contributed by atoms with Gasteiger partial charge in [0, 0.05) is 34.4 Å². The standard InChI is InChI=1S/C20H21N3OS/c21-15-9-10-17-18(13-5-7-14(8-6-13)20(24)22-25)12-23(19(17)11-15)16-3-1-2-4-16/h5-12,16,25H,1-4,21H2,(H,22,24). The predicted octanol–water partition coefficient (Wildman–Crippen LogP) is 4.58. The van der Waals surface area contributed by atoms with Gasteiger partial charge in [-0.3, -0.25) is 9.52 Å². The third kappa shape index (κ3) is 2.89. The molecule has 1 saturated carbocycles. The lowest BCUT2D eigenvalue weighted by Crippen LogP contribution is -2.11. The first-order valence-corrected chi connectivity index (χ1v) is 9.07. The fraction of sp³-hybridized carbons (Fsp3) is 0.250. The average Bonchev–Trinajstić information content (AvgIpc) is 3.28. The largest absolute Gasteiger partial charge is 0.399 e. The maximum absolute atomic E-state index is 11.7. The Morgan fingerprint density at radius 3 is 2.52 bits per heavy atom. The van der Waals surface area contributed by atoms with Gasteiger partial charge in [0.2, 0.25) is 0 Å². The van der Waals surface area contributed by atoms with Crippen molar-refractivity contribution >= 4 is 35.3 Å². The maximum Gasteiger partial charge on any atom is 0.260 e. The quantitative estimate of drug-likeness (QED) is 0.478. The summed E-state index contributed by atoms with van der Waals surface area (Å²) >= 11 is 3.82. The Hall–Kier alpha value is -2.40. The van der Waals surface area contributed by atoms with Crippen molar-refractivity contribution in [2.24, 2.45) is 0 Å². The van der Waals surface area contributed by atoms with E-state index in [0.29, 0.717) is 11.6 Å². The van der Waals surface area contributed by atoms with Crippen LogP contribution >= 0.6 is 12.8 Å². The first-order chi connectivity index (χ1) is 12.2. The number of hydrogen-bond donors (Lipinski definition) is 3. The maximum atomic E-state index is 11.7. The highest BCUT2D eigenvalue weighted by Crippen LogP contribution is 2.38. The van der Waals surface area contributed by atoms with Gasteiger partial charge in [0.05, 0.1) is 5.52 Å². The zero-order chi connectivity index (χ0) is 17.4. The molecule has 1 amide bonds. The topological polar surface area (TPSA) is 60.1 Å². The second-order valence-electron chi connectivity index (χ2n) is 6.68. The number of benzene rings is 2. The number of nitrogens with one attached hydrogen (secondary N) is 1. The second kappa shape index (κ2) is 6.48. The number of anilines is 1. The zero-order valence-corrected chi connectivity index (χ0v) is 14.8. The van der Waals surface area contributed by atoms with E-state index < -0.39 is 0 Å². The molecule has 2 aromatic carbocycles. The van der Waals surface area contributed by atoms with E-state index in [0.717, 1.165) is 11.3 Å². The Labute approximate surface area is 152 Å². The van der Waals surface area contributed by atoms with Crippen molar-refractivity contribution in [2.45, 2.75) is 31.7 Å². The van der Waals surface area contributed by atoms with Crippen LogP contribution < -0.4 is 10.5 Å². The van der Waals surface area contributed by atoms with Crippen LogP contribution in [-0.2, 0) is 0 Å². The number of amides is 1. The van der Waals surface area contributed by atoms with Crippen molar-refractivity contribution in [1.29, 1.82) is 0 Å². The van der Waals surface area contributed by atoms with Crippen LogP contribution in [0.3, 0.4) is 0 Å². The second-order valence-corrected chi connectivity index (χ2v) is 6.91. The smallest absolute Gasteiger partial charge is 0.260 e. The molecule has 1 fully saturated rings. The van der Waals surface area contributed by atoms with E-state index in [1.54, 1.807) is 0 Å². The summed E-state index contributed by atoms with van der Waals surface area (Å²) in [6.07, 6.45) is 7.26. The average molecular weight is 351 g/mol. The molecule has 0 atom stereocenters. The number of thiol groups is 1. The monoisotopic (exact) mass is 351 g/mol. The van der Waals surface area contributed by atoms with Gasteiger partial charge in [-0.25, -0.2) is 0 Å². The van der Waals surface area contributed by atoms with Gasteiger partial charge in [-0.1, -0.05) is 43.9 Å². The number of fused-ring (bicyclic) bond motifs is 1. The lowest BCUT2D eigenvalue weighted by atomic mass is 10.0. The van der Waals surface area contributed by atoms with E-state index in [4.69, 9.17) is 5.73 Å². The number of nitrogen functional groups attached to an aromatic ring is 1. The highest BCUT2D eigenvalue weighted by Gasteiger charge is 2.20. The Morgan fingerprint density at radius 2 is 1.84 bits per heavy atom. The van der Waals surface area contributed by atoms with Crippen LogP contribution in [0.2, 0.25) is 0 Å². The first-order valence-electron chi connectivity index (χ1n) is 8.62. The predicted molar refractivity (Wildman–Crippen MR) is 106 cm³/mol. The molecule has 1 aliphatic carbocycles. The lowest BCUT2D eigenvalue weighted by molar-refractivity contribution is 0.0985. The molecular formula is C20H21N3OS.